The first kappa shape index (κ1) is 18.2. The number of nitrogens with zero attached hydrogens (tertiary/aromatic N) is 1. The maximum Gasteiger partial charge on any atom is 0.0503 e. The third-order valence-corrected chi connectivity index (χ3v) is 5.40. The Morgan fingerprint density at radius 1 is 0.600 bits per heavy atom. The van der Waals surface area contributed by atoms with Gasteiger partial charge in [0.05, 0.1) is 12.1 Å². The van der Waals surface area contributed by atoms with Crippen LogP contribution in [0.2, 0.25) is 0 Å². The topological polar surface area (TPSA) is 14.1 Å². The molecule has 1 aliphatic rings. The molecule has 1 nitrogen and oxygen atoms in total. The standard InChI is InChI=1S/C24H32N/c1-23(2,3)19-11-7-17(8-12-19)21-15-16-22(25-21)18-9-13-20(14-10-18)24(4,5)6/h7-14,21-22H,15-16H2,1-6H3. The first-order valence-electron chi connectivity index (χ1n) is 9.55. The molecule has 1 saturated heterocycles. The van der Waals surface area contributed by atoms with Gasteiger partial charge >= 0.3 is 0 Å². The van der Waals surface area contributed by atoms with E-state index in [1.54, 1.807) is 0 Å². The van der Waals surface area contributed by atoms with Crippen molar-refractivity contribution in [2.75, 3.05) is 0 Å². The summed E-state index contributed by atoms with van der Waals surface area (Å²) in [5, 5.41) is 5.11. The second kappa shape index (κ2) is 6.61. The Bertz CT molecular complexity index is 632. The average molecular weight is 335 g/mol. The van der Waals surface area contributed by atoms with Crippen molar-refractivity contribution >= 4 is 0 Å². The lowest BCUT2D eigenvalue weighted by Gasteiger charge is -2.21. The third-order valence-electron chi connectivity index (χ3n) is 5.40. The monoisotopic (exact) mass is 334 g/mol. The molecule has 25 heavy (non-hydrogen) atoms. The SMILES string of the molecule is CC(C)(C)c1ccc(C2CCC(c3ccc(C(C)(C)C)cc3)[N]2)cc1. The summed E-state index contributed by atoms with van der Waals surface area (Å²) in [6, 6.07) is 18.9. The molecular weight excluding hydrogens is 302 g/mol. The predicted molar refractivity (Wildman–Crippen MR) is 107 cm³/mol. The van der Waals surface area contributed by atoms with E-state index in [4.69, 9.17) is 5.32 Å². The zero-order valence-electron chi connectivity index (χ0n) is 16.6. The fraction of sp³-hybridized carbons (Fsp3) is 0.500. The summed E-state index contributed by atoms with van der Waals surface area (Å²) in [7, 11) is 0. The van der Waals surface area contributed by atoms with Gasteiger partial charge in [-0.05, 0) is 45.9 Å². The summed E-state index contributed by atoms with van der Waals surface area (Å²) in [5.74, 6) is 0. The molecule has 0 spiro atoms. The van der Waals surface area contributed by atoms with Crippen LogP contribution in [-0.2, 0) is 10.8 Å². The van der Waals surface area contributed by atoms with Crippen molar-refractivity contribution in [1.29, 1.82) is 0 Å². The summed E-state index contributed by atoms with van der Waals surface area (Å²) in [6.07, 6.45) is 2.31. The maximum absolute atomic E-state index is 5.11. The van der Waals surface area contributed by atoms with Crippen LogP contribution in [0.4, 0.5) is 0 Å². The van der Waals surface area contributed by atoms with Crippen molar-refractivity contribution in [3.05, 3.63) is 70.8 Å². The van der Waals surface area contributed by atoms with Crippen LogP contribution in [0.1, 0.15) is 88.7 Å². The molecule has 0 N–H and O–H groups in total. The smallest absolute Gasteiger partial charge is 0.0503 e. The quantitative estimate of drug-likeness (QED) is 0.598. The zero-order valence-corrected chi connectivity index (χ0v) is 16.6. The van der Waals surface area contributed by atoms with Crippen LogP contribution in [0, 0.1) is 0 Å². The van der Waals surface area contributed by atoms with Gasteiger partial charge in [0.25, 0.3) is 0 Å². The first-order chi connectivity index (χ1) is 11.6. The Morgan fingerprint density at radius 3 is 1.20 bits per heavy atom. The highest BCUT2D eigenvalue weighted by Crippen LogP contribution is 2.37. The predicted octanol–water partition coefficient (Wildman–Crippen LogP) is 6.46. The fourth-order valence-electron chi connectivity index (χ4n) is 3.60. The van der Waals surface area contributed by atoms with Crippen LogP contribution in [-0.4, -0.2) is 0 Å². The second-order valence-electron chi connectivity index (χ2n) is 9.50. The van der Waals surface area contributed by atoms with Crippen LogP contribution >= 0.6 is 0 Å². The van der Waals surface area contributed by atoms with Crippen molar-refractivity contribution in [2.24, 2.45) is 0 Å². The molecule has 0 saturated carbocycles. The van der Waals surface area contributed by atoms with Crippen molar-refractivity contribution in [3.63, 3.8) is 0 Å². The second-order valence-corrected chi connectivity index (χ2v) is 9.50. The van der Waals surface area contributed by atoms with Gasteiger partial charge in [-0.3, -0.25) is 0 Å². The molecule has 0 aliphatic carbocycles. The highest BCUT2D eigenvalue weighted by Gasteiger charge is 2.28. The molecule has 1 heteroatoms. The van der Waals surface area contributed by atoms with E-state index in [1.807, 2.05) is 0 Å². The van der Waals surface area contributed by atoms with E-state index in [9.17, 15) is 0 Å². The van der Waals surface area contributed by atoms with E-state index < -0.39 is 0 Å². The number of hydrogen-bond acceptors (Lipinski definition) is 0. The molecule has 1 heterocycles. The summed E-state index contributed by atoms with van der Waals surface area (Å²) in [6.45, 7) is 13.6. The van der Waals surface area contributed by atoms with Crippen LogP contribution < -0.4 is 5.32 Å². The molecule has 3 rings (SSSR count). The minimum absolute atomic E-state index is 0.211. The van der Waals surface area contributed by atoms with Gasteiger partial charge in [0.15, 0.2) is 0 Å². The highest BCUT2D eigenvalue weighted by molar-refractivity contribution is 5.32. The van der Waals surface area contributed by atoms with E-state index in [1.165, 1.54) is 22.3 Å². The zero-order chi connectivity index (χ0) is 18.2. The first-order valence-corrected chi connectivity index (χ1v) is 9.55. The van der Waals surface area contributed by atoms with Crippen molar-refractivity contribution in [2.45, 2.75) is 77.3 Å². The molecule has 2 aromatic rings. The minimum atomic E-state index is 0.211. The molecule has 1 fully saturated rings. The lowest BCUT2D eigenvalue weighted by Crippen LogP contribution is -2.13. The molecule has 0 aromatic heterocycles. The maximum atomic E-state index is 5.11. The lowest BCUT2D eigenvalue weighted by atomic mass is 9.86. The van der Waals surface area contributed by atoms with Gasteiger partial charge in [-0.1, -0.05) is 90.1 Å². The largest absolute Gasteiger partial charge is 0.226 e. The number of rotatable bonds is 2. The Balaban J connectivity index is 1.69. The summed E-state index contributed by atoms with van der Waals surface area (Å²) < 4.78 is 0. The molecule has 0 bridgehead atoms. The van der Waals surface area contributed by atoms with Gasteiger partial charge in [-0.15, -0.1) is 0 Å². The number of hydrogen-bond donors (Lipinski definition) is 0. The molecule has 2 unspecified atom stereocenters. The molecule has 2 atom stereocenters. The van der Waals surface area contributed by atoms with Gasteiger partial charge in [-0.2, -0.15) is 0 Å². The summed E-state index contributed by atoms with van der Waals surface area (Å²) in [5.41, 5.74) is 5.93. The molecule has 0 amide bonds. The van der Waals surface area contributed by atoms with Crippen LogP contribution in [0.25, 0.3) is 0 Å². The Labute approximate surface area is 153 Å². The summed E-state index contributed by atoms with van der Waals surface area (Å²) in [4.78, 5) is 0. The number of benzene rings is 2. The van der Waals surface area contributed by atoms with Crippen molar-refractivity contribution in [3.8, 4) is 0 Å². The highest BCUT2D eigenvalue weighted by atomic mass is 15.0. The van der Waals surface area contributed by atoms with Gasteiger partial charge in [-0.25, -0.2) is 5.32 Å². The van der Waals surface area contributed by atoms with Crippen LogP contribution in [0.15, 0.2) is 48.5 Å². The third kappa shape index (κ3) is 4.15. The Kier molecular flexibility index (Phi) is 4.81. The van der Waals surface area contributed by atoms with E-state index in [-0.39, 0.29) is 10.8 Å². The van der Waals surface area contributed by atoms with Gasteiger partial charge in [0.2, 0.25) is 0 Å². The van der Waals surface area contributed by atoms with Crippen molar-refractivity contribution < 1.29 is 0 Å². The van der Waals surface area contributed by atoms with Crippen LogP contribution in [0.3, 0.4) is 0 Å². The molecule has 133 valence electrons. The summed E-state index contributed by atoms with van der Waals surface area (Å²) >= 11 is 0. The van der Waals surface area contributed by atoms with E-state index in [2.05, 4.69) is 90.1 Å². The van der Waals surface area contributed by atoms with E-state index in [0.717, 1.165) is 12.8 Å². The average Bonchev–Trinajstić information content (AvgIpc) is 3.03. The van der Waals surface area contributed by atoms with Gasteiger partial charge in [0, 0.05) is 0 Å². The molecule has 1 radical (unpaired) electrons. The van der Waals surface area contributed by atoms with E-state index >= 15 is 0 Å². The molecular formula is C24H32N. The fourth-order valence-corrected chi connectivity index (χ4v) is 3.60. The normalized spacial score (nSPS) is 21.5. The van der Waals surface area contributed by atoms with E-state index in [0.29, 0.717) is 12.1 Å². The van der Waals surface area contributed by atoms with Gasteiger partial charge < -0.3 is 0 Å². The Morgan fingerprint density at radius 2 is 0.920 bits per heavy atom. The lowest BCUT2D eigenvalue weighted by molar-refractivity contribution is 0.555. The minimum Gasteiger partial charge on any atom is -0.226 e. The van der Waals surface area contributed by atoms with Crippen molar-refractivity contribution in [1.82, 2.24) is 5.32 Å². The Hall–Kier alpha value is -1.60. The van der Waals surface area contributed by atoms with Gasteiger partial charge in [0.1, 0.15) is 0 Å². The molecule has 1 aliphatic heterocycles. The van der Waals surface area contributed by atoms with Crippen LogP contribution in [0.5, 0.6) is 0 Å². The molecule has 2 aromatic carbocycles.